The van der Waals surface area contributed by atoms with Crippen LogP contribution in [-0.4, -0.2) is 69.1 Å². The molecule has 23 heavy (non-hydrogen) atoms. The number of fused-ring (bicyclic) bond motifs is 1. The van der Waals surface area contributed by atoms with Gasteiger partial charge in [-0.05, 0) is 0 Å². The van der Waals surface area contributed by atoms with Crippen molar-refractivity contribution in [1.82, 2.24) is 14.2 Å². The van der Waals surface area contributed by atoms with Gasteiger partial charge in [0, 0.05) is 18.6 Å². The van der Waals surface area contributed by atoms with E-state index in [2.05, 4.69) is 5.10 Å². The van der Waals surface area contributed by atoms with Gasteiger partial charge in [0.1, 0.15) is 29.9 Å². The SMILES string of the molecule is CS(=O)(=O)c1nn2ccn([C@@H]3O[C@H](CO)[C@@H](O)[C@H]3O)c2c1C#N. The maximum absolute atomic E-state index is 11.7. The molecular formula is C12H14N4O6S. The number of aromatic nitrogens is 3. The summed E-state index contributed by atoms with van der Waals surface area (Å²) in [6, 6.07) is 1.79. The normalized spacial score (nSPS) is 28.3. The van der Waals surface area contributed by atoms with Gasteiger partial charge in [0.25, 0.3) is 0 Å². The van der Waals surface area contributed by atoms with E-state index < -0.39 is 41.0 Å². The average molecular weight is 342 g/mol. The Kier molecular flexibility index (Phi) is 3.66. The molecule has 1 saturated heterocycles. The largest absolute Gasteiger partial charge is 0.394 e. The highest BCUT2D eigenvalue weighted by molar-refractivity contribution is 7.90. The molecule has 0 bridgehead atoms. The van der Waals surface area contributed by atoms with Crippen molar-refractivity contribution < 1.29 is 28.5 Å². The van der Waals surface area contributed by atoms with Crippen LogP contribution < -0.4 is 0 Å². The van der Waals surface area contributed by atoms with Gasteiger partial charge in [0.15, 0.2) is 26.7 Å². The summed E-state index contributed by atoms with van der Waals surface area (Å²) in [6.45, 7) is -0.495. The molecule has 0 radical (unpaired) electrons. The number of nitriles is 1. The van der Waals surface area contributed by atoms with Crippen LogP contribution in [0.15, 0.2) is 17.4 Å². The summed E-state index contributed by atoms with van der Waals surface area (Å²) in [5.41, 5.74) is -0.0713. The molecule has 124 valence electrons. The molecule has 0 aliphatic carbocycles. The first kappa shape index (κ1) is 15.9. The smallest absolute Gasteiger partial charge is 0.197 e. The number of aliphatic hydroxyl groups excluding tert-OH is 3. The van der Waals surface area contributed by atoms with E-state index in [9.17, 15) is 23.9 Å². The third-order valence-corrected chi connectivity index (χ3v) is 4.71. The molecule has 1 fully saturated rings. The van der Waals surface area contributed by atoms with Gasteiger partial charge in [0.05, 0.1) is 6.61 Å². The van der Waals surface area contributed by atoms with Crippen LogP contribution in [0, 0.1) is 11.3 Å². The second-order valence-corrected chi connectivity index (χ2v) is 7.20. The molecule has 0 saturated carbocycles. The quantitative estimate of drug-likeness (QED) is 0.581. The predicted molar refractivity (Wildman–Crippen MR) is 74.0 cm³/mol. The third-order valence-electron chi connectivity index (χ3n) is 3.72. The van der Waals surface area contributed by atoms with Crippen LogP contribution in [0.25, 0.3) is 5.65 Å². The maximum Gasteiger partial charge on any atom is 0.197 e. The van der Waals surface area contributed by atoms with Gasteiger partial charge >= 0.3 is 0 Å². The number of hydrogen-bond acceptors (Lipinski definition) is 8. The van der Waals surface area contributed by atoms with Gasteiger partial charge in [-0.3, -0.25) is 0 Å². The zero-order valence-electron chi connectivity index (χ0n) is 11.9. The van der Waals surface area contributed by atoms with Crippen molar-refractivity contribution >= 4 is 15.5 Å². The highest BCUT2D eigenvalue weighted by atomic mass is 32.2. The molecule has 4 atom stereocenters. The van der Waals surface area contributed by atoms with Crippen molar-refractivity contribution in [2.75, 3.05) is 12.9 Å². The van der Waals surface area contributed by atoms with Crippen LogP contribution >= 0.6 is 0 Å². The summed E-state index contributed by atoms with van der Waals surface area (Å²) in [5, 5.41) is 41.8. The first-order valence-corrected chi connectivity index (χ1v) is 8.50. The molecule has 0 unspecified atom stereocenters. The zero-order chi connectivity index (χ0) is 16.9. The van der Waals surface area contributed by atoms with E-state index in [1.807, 2.05) is 0 Å². The van der Waals surface area contributed by atoms with Crippen LogP contribution in [0.2, 0.25) is 0 Å². The molecule has 3 rings (SSSR count). The Bertz CT molecular complexity index is 895. The van der Waals surface area contributed by atoms with E-state index in [4.69, 9.17) is 9.84 Å². The molecule has 1 aliphatic heterocycles. The van der Waals surface area contributed by atoms with Gasteiger partial charge in [-0.25, -0.2) is 12.9 Å². The first-order valence-electron chi connectivity index (χ1n) is 6.61. The number of hydrogen-bond donors (Lipinski definition) is 3. The Morgan fingerprint density at radius 3 is 2.61 bits per heavy atom. The number of imidazole rings is 1. The summed E-state index contributed by atoms with van der Waals surface area (Å²) in [6.07, 6.45) is -0.959. The molecule has 10 nitrogen and oxygen atoms in total. The van der Waals surface area contributed by atoms with Crippen molar-refractivity contribution in [2.45, 2.75) is 29.6 Å². The summed E-state index contributed by atoms with van der Waals surface area (Å²) >= 11 is 0. The minimum Gasteiger partial charge on any atom is -0.394 e. The minimum atomic E-state index is -3.72. The highest BCUT2D eigenvalue weighted by Crippen LogP contribution is 2.32. The molecule has 3 N–H and O–H groups in total. The number of ether oxygens (including phenoxy) is 1. The molecule has 0 aromatic carbocycles. The monoisotopic (exact) mass is 342 g/mol. The standard InChI is InChI=1S/C12H14N4O6S/c1-23(20,21)10-6(4-13)11-15(2-3-16(11)14-10)12-9(19)8(18)7(5-17)22-12/h2-3,7-9,12,17-19H,5H2,1H3/t7-,8-,9-,12-/m1/s1. The average Bonchev–Trinajstić information content (AvgIpc) is 3.12. The van der Waals surface area contributed by atoms with Crippen LogP contribution in [0.4, 0.5) is 0 Å². The van der Waals surface area contributed by atoms with Gasteiger partial charge < -0.3 is 24.6 Å². The van der Waals surface area contributed by atoms with Crippen molar-refractivity contribution in [3.05, 3.63) is 18.0 Å². The van der Waals surface area contributed by atoms with Crippen molar-refractivity contribution in [2.24, 2.45) is 0 Å². The number of rotatable bonds is 3. The zero-order valence-corrected chi connectivity index (χ0v) is 12.8. The Morgan fingerprint density at radius 1 is 1.39 bits per heavy atom. The Hall–Kier alpha value is -1.97. The predicted octanol–water partition coefficient (Wildman–Crippen LogP) is -1.98. The van der Waals surface area contributed by atoms with Crippen molar-refractivity contribution in [3.63, 3.8) is 0 Å². The van der Waals surface area contributed by atoms with Gasteiger partial charge in [-0.2, -0.15) is 10.4 Å². The fourth-order valence-electron chi connectivity index (χ4n) is 2.63. The first-order chi connectivity index (χ1) is 10.8. The lowest BCUT2D eigenvalue weighted by Crippen LogP contribution is -2.33. The molecule has 11 heteroatoms. The van der Waals surface area contributed by atoms with E-state index in [0.717, 1.165) is 6.26 Å². The Morgan fingerprint density at radius 2 is 2.09 bits per heavy atom. The lowest BCUT2D eigenvalue weighted by molar-refractivity contribution is -0.0508. The van der Waals surface area contributed by atoms with Crippen LogP contribution in [0.1, 0.15) is 11.8 Å². The Balaban J connectivity index is 2.17. The van der Waals surface area contributed by atoms with Crippen LogP contribution in [-0.2, 0) is 14.6 Å². The van der Waals surface area contributed by atoms with E-state index >= 15 is 0 Å². The van der Waals surface area contributed by atoms with E-state index in [-0.39, 0.29) is 16.2 Å². The topological polar surface area (TPSA) is 150 Å². The van der Waals surface area contributed by atoms with Gasteiger partial charge in [0.2, 0.25) is 0 Å². The molecule has 1 aliphatic rings. The van der Waals surface area contributed by atoms with E-state index in [1.165, 1.54) is 21.5 Å². The summed E-state index contributed by atoms with van der Waals surface area (Å²) in [5.74, 6) is 0. The van der Waals surface area contributed by atoms with E-state index in [1.54, 1.807) is 6.07 Å². The highest BCUT2D eigenvalue weighted by Gasteiger charge is 2.44. The second kappa shape index (κ2) is 5.29. The number of aliphatic hydroxyl groups is 3. The lowest BCUT2D eigenvalue weighted by atomic mass is 10.1. The second-order valence-electron chi connectivity index (χ2n) is 5.27. The molecule has 0 spiro atoms. The summed E-state index contributed by atoms with van der Waals surface area (Å²) in [7, 11) is -3.72. The number of sulfone groups is 1. The fourth-order valence-corrected chi connectivity index (χ4v) is 3.38. The molecular weight excluding hydrogens is 328 g/mol. The molecule has 2 aromatic rings. The summed E-state index contributed by atoms with van der Waals surface area (Å²) in [4.78, 5) is 0. The molecule has 0 amide bonds. The van der Waals surface area contributed by atoms with Crippen LogP contribution in [0.5, 0.6) is 0 Å². The van der Waals surface area contributed by atoms with Crippen LogP contribution in [0.3, 0.4) is 0 Å². The van der Waals surface area contributed by atoms with E-state index in [0.29, 0.717) is 0 Å². The number of nitrogens with zero attached hydrogens (tertiary/aromatic N) is 4. The fraction of sp³-hybridized carbons (Fsp3) is 0.500. The minimum absolute atomic E-state index is 0.114. The van der Waals surface area contributed by atoms with Crippen molar-refractivity contribution in [3.8, 4) is 6.07 Å². The Labute approximate surface area is 130 Å². The van der Waals surface area contributed by atoms with Gasteiger partial charge in [-0.1, -0.05) is 0 Å². The molecule has 3 heterocycles. The van der Waals surface area contributed by atoms with Crippen molar-refractivity contribution in [1.29, 1.82) is 5.26 Å². The maximum atomic E-state index is 11.7. The lowest BCUT2D eigenvalue weighted by Gasteiger charge is -2.16. The molecule has 2 aromatic heterocycles. The third kappa shape index (κ3) is 2.32. The summed E-state index contributed by atoms with van der Waals surface area (Å²) < 4.78 is 31.4. The van der Waals surface area contributed by atoms with Gasteiger partial charge in [-0.15, -0.1) is 0 Å².